The molecule has 1 amide bonds. The van der Waals surface area contributed by atoms with Crippen molar-refractivity contribution in [3.8, 4) is 0 Å². The third kappa shape index (κ3) is 3.25. The molecule has 18 heavy (non-hydrogen) atoms. The van der Waals surface area contributed by atoms with E-state index in [4.69, 9.17) is 0 Å². The van der Waals surface area contributed by atoms with Crippen molar-refractivity contribution in [1.82, 2.24) is 4.90 Å². The lowest BCUT2D eigenvalue weighted by Gasteiger charge is -2.23. The highest BCUT2D eigenvalue weighted by atomic mass is 127. The van der Waals surface area contributed by atoms with Crippen LogP contribution in [-0.2, 0) is 11.3 Å². The Labute approximate surface area is 122 Å². The minimum Gasteiger partial charge on any atom is -0.338 e. The second kappa shape index (κ2) is 5.19. The van der Waals surface area contributed by atoms with Gasteiger partial charge in [-0.2, -0.15) is 0 Å². The van der Waals surface area contributed by atoms with Gasteiger partial charge < -0.3 is 4.90 Å². The molecule has 2 nitrogen and oxygen atoms in total. The van der Waals surface area contributed by atoms with Crippen molar-refractivity contribution in [2.75, 3.05) is 6.54 Å². The van der Waals surface area contributed by atoms with Crippen molar-refractivity contribution in [2.24, 2.45) is 11.8 Å². The van der Waals surface area contributed by atoms with Crippen LogP contribution >= 0.6 is 22.6 Å². The maximum absolute atomic E-state index is 12.3. The van der Waals surface area contributed by atoms with E-state index in [1.165, 1.54) is 22.0 Å². The summed E-state index contributed by atoms with van der Waals surface area (Å²) in [7, 11) is 0. The van der Waals surface area contributed by atoms with Crippen molar-refractivity contribution in [1.29, 1.82) is 0 Å². The summed E-state index contributed by atoms with van der Waals surface area (Å²) >= 11 is 2.33. The van der Waals surface area contributed by atoms with Crippen LogP contribution in [0.4, 0.5) is 0 Å². The van der Waals surface area contributed by atoms with Crippen LogP contribution in [0, 0.1) is 15.4 Å². The Morgan fingerprint density at radius 3 is 2.67 bits per heavy atom. The highest BCUT2D eigenvalue weighted by Crippen LogP contribution is 2.35. The monoisotopic (exact) mass is 355 g/mol. The van der Waals surface area contributed by atoms with Gasteiger partial charge in [0.15, 0.2) is 0 Å². The minimum absolute atomic E-state index is 0.339. The average molecular weight is 355 g/mol. The Balaban J connectivity index is 1.69. The predicted octanol–water partition coefficient (Wildman–Crippen LogP) is 3.44. The summed E-state index contributed by atoms with van der Waals surface area (Å²) in [6, 6.07) is 8.48. The lowest BCUT2D eigenvalue weighted by Crippen LogP contribution is -2.33. The van der Waals surface area contributed by atoms with E-state index in [9.17, 15) is 4.79 Å². The molecule has 0 saturated heterocycles. The van der Waals surface area contributed by atoms with Crippen LogP contribution < -0.4 is 0 Å². The van der Waals surface area contributed by atoms with Crippen LogP contribution in [0.25, 0.3) is 0 Å². The predicted molar refractivity (Wildman–Crippen MR) is 80.0 cm³/mol. The smallest absolute Gasteiger partial charge is 0.225 e. The summed E-state index contributed by atoms with van der Waals surface area (Å²) in [4.78, 5) is 14.4. The molecule has 3 rings (SSSR count). The molecule has 0 radical (unpaired) electrons. The Morgan fingerprint density at radius 1 is 1.28 bits per heavy atom. The third-order valence-corrected chi connectivity index (χ3v) is 4.35. The van der Waals surface area contributed by atoms with Gasteiger partial charge in [0.1, 0.15) is 0 Å². The van der Waals surface area contributed by atoms with Gasteiger partial charge in [-0.05, 0) is 71.9 Å². The van der Waals surface area contributed by atoms with Gasteiger partial charge >= 0.3 is 0 Å². The van der Waals surface area contributed by atoms with Gasteiger partial charge in [0.2, 0.25) is 5.91 Å². The number of hydrogen-bond acceptors (Lipinski definition) is 1. The number of rotatable bonds is 5. The fourth-order valence-electron chi connectivity index (χ4n) is 2.29. The average Bonchev–Trinajstić information content (AvgIpc) is 3.21. The first-order valence-electron chi connectivity index (χ1n) is 6.75. The summed E-state index contributed by atoms with van der Waals surface area (Å²) < 4.78 is 1.25. The highest BCUT2D eigenvalue weighted by Gasteiger charge is 2.35. The number of nitrogens with zero attached hydrogens (tertiary/aromatic N) is 1. The van der Waals surface area contributed by atoms with E-state index in [-0.39, 0.29) is 0 Å². The van der Waals surface area contributed by atoms with Crippen LogP contribution in [0.3, 0.4) is 0 Å². The van der Waals surface area contributed by atoms with Crippen LogP contribution in [0.2, 0.25) is 0 Å². The number of carbonyl (C=O) groups excluding carboxylic acids is 1. The molecule has 1 aromatic carbocycles. The second-order valence-electron chi connectivity index (χ2n) is 5.57. The Morgan fingerprint density at radius 2 is 2.06 bits per heavy atom. The zero-order valence-electron chi connectivity index (χ0n) is 10.4. The van der Waals surface area contributed by atoms with Gasteiger partial charge in [-0.15, -0.1) is 0 Å². The molecule has 0 spiro atoms. The molecular formula is C15H18INO. The zero-order valence-corrected chi connectivity index (χ0v) is 12.6. The number of halogens is 1. The van der Waals surface area contributed by atoms with Crippen LogP contribution in [0.1, 0.15) is 31.2 Å². The third-order valence-electron chi connectivity index (χ3n) is 3.68. The minimum atomic E-state index is 0.339. The molecule has 0 atom stereocenters. The van der Waals surface area contributed by atoms with Crippen molar-refractivity contribution in [3.63, 3.8) is 0 Å². The van der Waals surface area contributed by atoms with Gasteiger partial charge in [0, 0.05) is 22.6 Å². The van der Waals surface area contributed by atoms with Crippen molar-refractivity contribution in [2.45, 2.75) is 32.2 Å². The molecule has 3 heteroatoms. The van der Waals surface area contributed by atoms with Crippen LogP contribution in [0.15, 0.2) is 24.3 Å². The first kappa shape index (κ1) is 12.5. The summed E-state index contributed by atoms with van der Waals surface area (Å²) in [5.41, 5.74) is 1.26. The molecule has 0 bridgehead atoms. The van der Waals surface area contributed by atoms with E-state index in [1.807, 2.05) is 0 Å². The maximum Gasteiger partial charge on any atom is 0.225 e. The van der Waals surface area contributed by atoms with Crippen LogP contribution in [0.5, 0.6) is 0 Å². The van der Waals surface area contributed by atoms with E-state index in [2.05, 4.69) is 51.8 Å². The molecule has 1 aromatic rings. The number of benzene rings is 1. The normalized spacial score (nSPS) is 18.7. The Hall–Kier alpha value is -0.580. The second-order valence-corrected chi connectivity index (χ2v) is 6.81. The van der Waals surface area contributed by atoms with E-state index < -0.39 is 0 Å². The molecule has 0 aliphatic heterocycles. The number of hydrogen-bond donors (Lipinski definition) is 0. The number of amides is 1. The summed E-state index contributed by atoms with van der Waals surface area (Å²) in [5, 5.41) is 0. The van der Waals surface area contributed by atoms with E-state index in [0.717, 1.165) is 31.8 Å². The van der Waals surface area contributed by atoms with Gasteiger partial charge in [-0.3, -0.25) is 4.79 Å². The molecule has 2 aliphatic rings. The van der Waals surface area contributed by atoms with Crippen molar-refractivity contribution in [3.05, 3.63) is 33.4 Å². The fraction of sp³-hybridized carbons (Fsp3) is 0.533. The standard InChI is InChI=1S/C15H18INO/c16-14-3-1-2-12(8-14)10-17(9-11-4-5-11)15(18)13-6-7-13/h1-3,8,11,13H,4-7,9-10H2. The summed E-state index contributed by atoms with van der Waals surface area (Å²) in [6.07, 6.45) is 4.82. The van der Waals surface area contributed by atoms with E-state index in [1.54, 1.807) is 0 Å². The fourth-order valence-corrected chi connectivity index (χ4v) is 2.90. The van der Waals surface area contributed by atoms with Crippen molar-refractivity contribution < 1.29 is 4.79 Å². The van der Waals surface area contributed by atoms with Gasteiger partial charge in [-0.1, -0.05) is 12.1 Å². The molecule has 96 valence electrons. The molecule has 0 heterocycles. The molecule has 2 fully saturated rings. The quantitative estimate of drug-likeness (QED) is 0.741. The highest BCUT2D eigenvalue weighted by molar-refractivity contribution is 14.1. The zero-order chi connectivity index (χ0) is 12.5. The number of carbonyl (C=O) groups is 1. The largest absolute Gasteiger partial charge is 0.338 e. The topological polar surface area (TPSA) is 20.3 Å². The Kier molecular flexibility index (Phi) is 3.59. The van der Waals surface area contributed by atoms with Crippen LogP contribution in [-0.4, -0.2) is 17.4 Å². The summed E-state index contributed by atoms with van der Waals surface area (Å²) in [5.74, 6) is 1.50. The van der Waals surface area contributed by atoms with Gasteiger partial charge in [-0.25, -0.2) is 0 Å². The maximum atomic E-state index is 12.3. The molecular weight excluding hydrogens is 337 g/mol. The SMILES string of the molecule is O=C(C1CC1)N(Cc1cccc(I)c1)CC1CC1. The Bertz CT molecular complexity index is 452. The molecule has 0 aromatic heterocycles. The lowest BCUT2D eigenvalue weighted by molar-refractivity contribution is -0.133. The summed E-state index contributed by atoms with van der Waals surface area (Å²) in [6.45, 7) is 1.77. The van der Waals surface area contributed by atoms with E-state index in [0.29, 0.717) is 11.8 Å². The first-order chi connectivity index (χ1) is 8.72. The molecule has 2 saturated carbocycles. The first-order valence-corrected chi connectivity index (χ1v) is 7.83. The van der Waals surface area contributed by atoms with Crippen molar-refractivity contribution >= 4 is 28.5 Å². The van der Waals surface area contributed by atoms with Gasteiger partial charge in [0.25, 0.3) is 0 Å². The van der Waals surface area contributed by atoms with E-state index >= 15 is 0 Å². The molecule has 0 N–H and O–H groups in total. The molecule has 2 aliphatic carbocycles. The lowest BCUT2D eigenvalue weighted by atomic mass is 10.2. The van der Waals surface area contributed by atoms with Gasteiger partial charge in [0.05, 0.1) is 0 Å². The molecule has 0 unspecified atom stereocenters.